The van der Waals surface area contributed by atoms with E-state index in [1.807, 2.05) is 18.9 Å². The molecule has 2 amide bonds. The monoisotopic (exact) mass is 275 g/mol. The molecule has 2 aliphatic heterocycles. The van der Waals surface area contributed by atoms with E-state index >= 15 is 0 Å². The van der Waals surface area contributed by atoms with E-state index in [-0.39, 0.29) is 5.91 Å². The fourth-order valence-electron chi connectivity index (χ4n) is 1.99. The number of amides is 2. The van der Waals surface area contributed by atoms with Crippen LogP contribution < -0.4 is 0 Å². The maximum atomic E-state index is 10.7. The Kier molecular flexibility index (Phi) is 8.55. The van der Waals surface area contributed by atoms with Crippen molar-refractivity contribution in [2.24, 2.45) is 0 Å². The Morgan fingerprint density at radius 3 is 2.00 bits per heavy atom. The van der Waals surface area contributed by atoms with Crippen LogP contribution in [0.5, 0.6) is 0 Å². The van der Waals surface area contributed by atoms with Gasteiger partial charge in [-0.2, -0.15) is 0 Å². The number of rotatable bonds is 1. The van der Waals surface area contributed by atoms with Gasteiger partial charge in [0, 0.05) is 39.0 Å². The summed E-state index contributed by atoms with van der Waals surface area (Å²) in [6.45, 7) is 5.96. The fraction of sp³-hybridized carbons (Fsp3) is 0.833. The minimum atomic E-state index is 0.289. The Balaban J connectivity index is 0.000000283. The molecule has 2 atom stereocenters. The van der Waals surface area contributed by atoms with E-state index in [2.05, 4.69) is 6.92 Å². The predicted octanol–water partition coefficient (Wildman–Crippen LogP) is 1.46. The summed E-state index contributed by atoms with van der Waals surface area (Å²) in [5.41, 5.74) is 0. The van der Waals surface area contributed by atoms with Crippen molar-refractivity contribution in [3.63, 3.8) is 0 Å². The van der Waals surface area contributed by atoms with Crippen LogP contribution in [0.25, 0.3) is 0 Å². The number of hydrogen-bond acceptors (Lipinski definition) is 3. The van der Waals surface area contributed by atoms with Gasteiger partial charge in [0.05, 0.1) is 0 Å². The maximum absolute atomic E-state index is 10.7. The molecular formula is C12H24N2O3P+. The highest BCUT2D eigenvalue weighted by Gasteiger charge is 2.22. The molecule has 0 spiro atoms. The molecular weight excluding hydrogens is 251 g/mol. The lowest BCUT2D eigenvalue weighted by atomic mass is 10.2. The molecule has 2 fully saturated rings. The van der Waals surface area contributed by atoms with Gasteiger partial charge in [-0.3, -0.25) is 9.59 Å². The lowest BCUT2D eigenvalue weighted by Gasteiger charge is -2.13. The molecule has 0 bridgehead atoms. The van der Waals surface area contributed by atoms with Gasteiger partial charge in [-0.05, 0) is 26.7 Å². The van der Waals surface area contributed by atoms with Gasteiger partial charge in [0.2, 0.25) is 11.8 Å². The molecule has 2 heterocycles. The highest BCUT2D eigenvalue weighted by atomic mass is 31.0. The van der Waals surface area contributed by atoms with Gasteiger partial charge in [-0.25, -0.2) is 0 Å². The molecule has 6 heteroatoms. The normalized spacial score (nSPS) is 22.3. The number of carbonyl (C=O) groups is 2. The standard InChI is InChI=1S/2C6H11NO.H2OP/c1-5-3-4-6(8)7(5)2;1-2-7-5-3-4-6(7)8;1-2/h5H,3-4H2,1-2H3;2-5H2,1H3;2H2/q;;+1. The molecule has 104 valence electrons. The van der Waals surface area contributed by atoms with Gasteiger partial charge in [0.15, 0.2) is 0 Å². The van der Waals surface area contributed by atoms with Crippen molar-refractivity contribution in [1.82, 2.24) is 9.80 Å². The summed E-state index contributed by atoms with van der Waals surface area (Å²) < 4.78 is 8.17. The predicted molar refractivity (Wildman–Crippen MR) is 73.4 cm³/mol. The second-order valence-electron chi connectivity index (χ2n) is 4.47. The largest absolute Gasteiger partial charge is 0.343 e. The Bertz CT molecular complexity index is 280. The van der Waals surface area contributed by atoms with Gasteiger partial charge < -0.3 is 9.80 Å². The first-order chi connectivity index (χ1) is 8.56. The second-order valence-corrected chi connectivity index (χ2v) is 4.47. The summed E-state index contributed by atoms with van der Waals surface area (Å²) >= 11 is 0. The molecule has 0 aromatic rings. The molecule has 0 saturated carbocycles. The number of likely N-dealkylation sites (tertiary alicyclic amines) is 2. The smallest absolute Gasteiger partial charge is 0.310 e. The molecule has 2 aliphatic rings. The van der Waals surface area contributed by atoms with Crippen LogP contribution >= 0.6 is 9.12 Å². The van der Waals surface area contributed by atoms with Crippen LogP contribution in [0.3, 0.4) is 0 Å². The second kappa shape index (κ2) is 9.03. The van der Waals surface area contributed by atoms with Crippen molar-refractivity contribution in [3.8, 4) is 0 Å². The van der Waals surface area contributed by atoms with Crippen LogP contribution in [0, 0.1) is 0 Å². The molecule has 0 aliphatic carbocycles. The summed E-state index contributed by atoms with van der Waals surface area (Å²) in [5, 5.41) is 0. The summed E-state index contributed by atoms with van der Waals surface area (Å²) in [6.07, 6.45) is 3.62. The van der Waals surface area contributed by atoms with Gasteiger partial charge >= 0.3 is 9.12 Å². The highest BCUT2D eigenvalue weighted by Crippen LogP contribution is 2.14. The van der Waals surface area contributed by atoms with Crippen molar-refractivity contribution in [3.05, 3.63) is 0 Å². The summed E-state index contributed by atoms with van der Waals surface area (Å²) in [5.74, 6) is 0.616. The van der Waals surface area contributed by atoms with Crippen LogP contribution in [-0.4, -0.2) is 47.8 Å². The maximum Gasteiger partial charge on any atom is 0.310 e. The Hall–Kier alpha value is -0.960. The molecule has 2 saturated heterocycles. The van der Waals surface area contributed by atoms with E-state index in [4.69, 9.17) is 4.57 Å². The van der Waals surface area contributed by atoms with Crippen molar-refractivity contribution < 1.29 is 14.2 Å². The van der Waals surface area contributed by atoms with E-state index in [1.54, 1.807) is 4.90 Å². The lowest BCUT2D eigenvalue weighted by molar-refractivity contribution is -0.128. The molecule has 2 rings (SSSR count). The lowest BCUT2D eigenvalue weighted by Crippen LogP contribution is -2.25. The zero-order valence-corrected chi connectivity index (χ0v) is 12.7. The number of hydrogen-bond donors (Lipinski definition) is 0. The molecule has 0 radical (unpaired) electrons. The van der Waals surface area contributed by atoms with E-state index in [9.17, 15) is 9.59 Å². The summed E-state index contributed by atoms with van der Waals surface area (Å²) in [4.78, 5) is 25.1. The van der Waals surface area contributed by atoms with E-state index in [0.29, 0.717) is 11.9 Å². The first-order valence-corrected chi connectivity index (χ1v) is 6.80. The zero-order valence-electron chi connectivity index (χ0n) is 11.5. The van der Waals surface area contributed by atoms with Crippen molar-refractivity contribution in [2.75, 3.05) is 20.1 Å². The molecule has 0 N–H and O–H groups in total. The first-order valence-electron chi connectivity index (χ1n) is 6.33. The Morgan fingerprint density at radius 1 is 1.22 bits per heavy atom. The molecule has 5 nitrogen and oxygen atoms in total. The minimum absolute atomic E-state index is 0.289. The Labute approximate surface area is 111 Å². The van der Waals surface area contributed by atoms with Crippen LogP contribution in [0.4, 0.5) is 0 Å². The highest BCUT2D eigenvalue weighted by molar-refractivity contribution is 7.00. The first kappa shape index (κ1) is 17.0. The number of nitrogens with zero attached hydrogens (tertiary/aromatic N) is 2. The van der Waals surface area contributed by atoms with E-state index < -0.39 is 0 Å². The third-order valence-corrected chi connectivity index (χ3v) is 3.38. The number of carbonyl (C=O) groups excluding carboxylic acids is 2. The van der Waals surface area contributed by atoms with Crippen molar-refractivity contribution >= 4 is 20.9 Å². The quantitative estimate of drug-likeness (QED) is 0.681. The van der Waals surface area contributed by atoms with Gasteiger partial charge in [0.1, 0.15) is 0 Å². The average Bonchev–Trinajstić information content (AvgIpc) is 2.94. The molecule has 2 unspecified atom stereocenters. The van der Waals surface area contributed by atoms with Crippen LogP contribution in [0.2, 0.25) is 0 Å². The third kappa shape index (κ3) is 5.13. The zero-order chi connectivity index (χ0) is 14.1. The van der Waals surface area contributed by atoms with Crippen LogP contribution in [-0.2, 0) is 14.2 Å². The SMILES string of the molecule is CC1CCC(=O)N1C.CCN1CCCC1=O.O=[PH2+]. The van der Waals surface area contributed by atoms with Gasteiger partial charge in [-0.1, -0.05) is 4.57 Å². The topological polar surface area (TPSA) is 57.7 Å². The Morgan fingerprint density at radius 2 is 1.83 bits per heavy atom. The fourth-order valence-corrected chi connectivity index (χ4v) is 1.99. The molecule has 0 aromatic heterocycles. The average molecular weight is 275 g/mol. The molecule has 0 aromatic carbocycles. The van der Waals surface area contributed by atoms with Crippen LogP contribution in [0.1, 0.15) is 39.5 Å². The minimum Gasteiger partial charge on any atom is -0.343 e. The van der Waals surface area contributed by atoms with Gasteiger partial charge in [0.25, 0.3) is 0 Å². The van der Waals surface area contributed by atoms with Crippen LogP contribution in [0.15, 0.2) is 0 Å². The van der Waals surface area contributed by atoms with E-state index in [1.165, 1.54) is 9.12 Å². The van der Waals surface area contributed by atoms with Crippen molar-refractivity contribution in [2.45, 2.75) is 45.6 Å². The van der Waals surface area contributed by atoms with E-state index in [0.717, 1.165) is 38.8 Å². The van der Waals surface area contributed by atoms with Gasteiger partial charge in [-0.15, -0.1) is 0 Å². The summed E-state index contributed by atoms with van der Waals surface area (Å²) in [7, 11) is 3.03. The van der Waals surface area contributed by atoms with Crippen molar-refractivity contribution in [1.29, 1.82) is 0 Å². The summed E-state index contributed by atoms with van der Waals surface area (Å²) in [6, 6.07) is 0.475. The third-order valence-electron chi connectivity index (χ3n) is 3.38. The molecule has 18 heavy (non-hydrogen) atoms.